The second kappa shape index (κ2) is 14.0. The topological polar surface area (TPSA) is 126 Å². The Morgan fingerprint density at radius 3 is 1.68 bits per heavy atom. The van der Waals surface area contributed by atoms with Crippen LogP contribution in [0.4, 0.5) is 4.79 Å². The Balaban J connectivity index is 1.32. The van der Waals surface area contributed by atoms with E-state index in [0.29, 0.717) is 0 Å². The molecule has 4 aromatic carbocycles. The molecule has 9 heteroatoms. The van der Waals surface area contributed by atoms with Crippen LogP contribution in [0.15, 0.2) is 121 Å². The Morgan fingerprint density at radius 1 is 0.773 bits per heavy atom. The Kier molecular flexibility index (Phi) is 9.69. The van der Waals surface area contributed by atoms with E-state index in [1.165, 1.54) is 0 Å². The van der Waals surface area contributed by atoms with E-state index in [1.54, 1.807) is 0 Å². The predicted molar refractivity (Wildman–Crippen MR) is 165 cm³/mol. The minimum atomic E-state index is -1.25. The number of amides is 2. The molecule has 0 radical (unpaired) electrons. The number of carbonyl (C=O) groups is 3. The smallest absolute Gasteiger partial charge is 0.407 e. The molecule has 1 aliphatic rings. The summed E-state index contributed by atoms with van der Waals surface area (Å²) in [4.78, 5) is 38.6. The molecule has 0 unspecified atom stereocenters. The molecule has 0 bridgehead atoms. The normalized spacial score (nSPS) is 14.5. The van der Waals surface area contributed by atoms with E-state index in [1.807, 2.05) is 121 Å². The summed E-state index contributed by atoms with van der Waals surface area (Å²) in [5, 5.41) is 19.1. The molecule has 2 amide bonds. The third-order valence-corrected chi connectivity index (χ3v) is 7.66. The van der Waals surface area contributed by atoms with Gasteiger partial charge in [-0.05, 0) is 22.3 Å². The molecular weight excluding hydrogens is 558 g/mol. The van der Waals surface area contributed by atoms with Crippen molar-refractivity contribution in [1.82, 2.24) is 16.0 Å². The maximum Gasteiger partial charge on any atom is 0.407 e. The first-order valence-electron chi connectivity index (χ1n) is 14.4. The fourth-order valence-electron chi connectivity index (χ4n) is 5.40. The van der Waals surface area contributed by atoms with Crippen LogP contribution in [0.2, 0.25) is 0 Å². The van der Waals surface area contributed by atoms with Gasteiger partial charge in [0.15, 0.2) is 0 Å². The SMILES string of the molecule is O=C(C[C@@H](NC1(CNC(=O)OCc2ccccc2)COC1)C(=O)O)NC(c1ccccc1)(c1ccccc1)c1ccccc1. The lowest BCUT2D eigenvalue weighted by atomic mass is 9.77. The van der Waals surface area contributed by atoms with Crippen LogP contribution in [-0.4, -0.2) is 54.4 Å². The minimum absolute atomic E-state index is 0.0635. The van der Waals surface area contributed by atoms with Gasteiger partial charge in [-0.1, -0.05) is 121 Å². The highest BCUT2D eigenvalue weighted by molar-refractivity contribution is 5.86. The zero-order valence-electron chi connectivity index (χ0n) is 24.1. The van der Waals surface area contributed by atoms with Gasteiger partial charge in [-0.2, -0.15) is 0 Å². The van der Waals surface area contributed by atoms with Crippen LogP contribution in [-0.2, 0) is 31.2 Å². The lowest BCUT2D eigenvalue weighted by Crippen LogP contribution is -2.69. The van der Waals surface area contributed by atoms with E-state index in [2.05, 4.69) is 16.0 Å². The Hall–Kier alpha value is -4.99. The Bertz CT molecular complexity index is 1430. The number of benzene rings is 4. The highest BCUT2D eigenvalue weighted by Crippen LogP contribution is 2.37. The van der Waals surface area contributed by atoms with Crippen molar-refractivity contribution in [2.75, 3.05) is 19.8 Å². The number of nitrogens with one attached hydrogen (secondary N) is 3. The zero-order chi connectivity index (χ0) is 30.8. The number of hydrogen-bond donors (Lipinski definition) is 4. The van der Waals surface area contributed by atoms with Gasteiger partial charge in [-0.25, -0.2) is 4.79 Å². The Labute approximate surface area is 256 Å². The number of ether oxygens (including phenoxy) is 2. The molecule has 226 valence electrons. The molecule has 4 aromatic rings. The van der Waals surface area contributed by atoms with Crippen LogP contribution in [0.3, 0.4) is 0 Å². The summed E-state index contributed by atoms with van der Waals surface area (Å²) in [7, 11) is 0. The molecule has 1 saturated heterocycles. The largest absolute Gasteiger partial charge is 0.480 e. The molecule has 0 aliphatic carbocycles. The van der Waals surface area contributed by atoms with Crippen LogP contribution >= 0.6 is 0 Å². The average molecular weight is 594 g/mol. The first-order valence-corrected chi connectivity index (χ1v) is 14.4. The van der Waals surface area contributed by atoms with Gasteiger partial charge in [0.2, 0.25) is 5.91 Å². The summed E-state index contributed by atoms with van der Waals surface area (Å²) < 4.78 is 10.7. The maximum absolute atomic E-state index is 13.8. The summed E-state index contributed by atoms with van der Waals surface area (Å²) in [5.74, 6) is -1.66. The van der Waals surface area contributed by atoms with Gasteiger partial charge < -0.3 is 25.2 Å². The van der Waals surface area contributed by atoms with Gasteiger partial charge in [-0.3, -0.25) is 14.9 Å². The fourth-order valence-corrected chi connectivity index (χ4v) is 5.40. The number of carboxylic acid groups (broad SMARTS) is 1. The number of alkyl carbamates (subject to hydrolysis) is 1. The third kappa shape index (κ3) is 7.14. The van der Waals surface area contributed by atoms with Crippen LogP contribution in [0.5, 0.6) is 0 Å². The van der Waals surface area contributed by atoms with Gasteiger partial charge in [-0.15, -0.1) is 0 Å². The van der Waals surface area contributed by atoms with Gasteiger partial charge in [0.25, 0.3) is 0 Å². The zero-order valence-corrected chi connectivity index (χ0v) is 24.1. The molecular formula is C35H35N3O6. The van der Waals surface area contributed by atoms with Crippen molar-refractivity contribution in [2.45, 2.75) is 30.1 Å². The van der Waals surface area contributed by atoms with Crippen molar-refractivity contribution < 1.29 is 29.0 Å². The number of hydrogen-bond acceptors (Lipinski definition) is 6. The van der Waals surface area contributed by atoms with Crippen LogP contribution in [0.25, 0.3) is 0 Å². The molecule has 1 atom stereocenters. The fraction of sp³-hybridized carbons (Fsp3) is 0.229. The lowest BCUT2D eigenvalue weighted by Gasteiger charge is -2.44. The monoisotopic (exact) mass is 593 g/mol. The molecule has 44 heavy (non-hydrogen) atoms. The van der Waals surface area contributed by atoms with Crippen molar-refractivity contribution in [2.24, 2.45) is 0 Å². The third-order valence-electron chi connectivity index (χ3n) is 7.66. The minimum Gasteiger partial charge on any atom is -0.480 e. The second-order valence-electron chi connectivity index (χ2n) is 10.8. The van der Waals surface area contributed by atoms with Crippen molar-refractivity contribution >= 4 is 18.0 Å². The van der Waals surface area contributed by atoms with E-state index in [4.69, 9.17) is 9.47 Å². The first kappa shape index (κ1) is 30.5. The maximum atomic E-state index is 13.8. The standard InChI is InChI=1S/C35H35N3O6/c39-31(38-35(27-15-7-2-8-16-27,28-17-9-3-10-18-28)29-19-11-4-12-20-29)21-30(32(40)41)37-34(24-43-25-34)23-36-33(42)44-22-26-13-5-1-6-14-26/h1-20,30,37H,21-25H2,(H,36,42)(H,38,39)(H,40,41)/t30-/m1/s1. The first-order chi connectivity index (χ1) is 21.4. The van der Waals surface area contributed by atoms with Crippen LogP contribution in [0.1, 0.15) is 28.7 Å². The van der Waals surface area contributed by atoms with E-state index in [0.717, 1.165) is 22.3 Å². The molecule has 1 fully saturated rings. The summed E-state index contributed by atoms with van der Waals surface area (Å²) in [6.45, 7) is 0.500. The predicted octanol–water partition coefficient (Wildman–Crippen LogP) is 4.22. The number of rotatable bonds is 13. The Morgan fingerprint density at radius 2 is 1.25 bits per heavy atom. The number of aliphatic carboxylic acids is 1. The molecule has 0 aromatic heterocycles. The quantitative estimate of drug-likeness (QED) is 0.171. The van der Waals surface area contributed by atoms with Crippen LogP contribution in [0, 0.1) is 0 Å². The van der Waals surface area contributed by atoms with Gasteiger partial charge in [0.1, 0.15) is 18.2 Å². The highest BCUT2D eigenvalue weighted by Gasteiger charge is 2.44. The molecule has 0 saturated carbocycles. The molecule has 1 aliphatic heterocycles. The summed E-state index contributed by atoms with van der Waals surface area (Å²) in [6.07, 6.45) is -0.992. The number of carboxylic acids is 1. The highest BCUT2D eigenvalue weighted by atomic mass is 16.5. The lowest BCUT2D eigenvalue weighted by molar-refractivity contribution is -0.145. The molecule has 4 N–H and O–H groups in total. The summed E-state index contributed by atoms with van der Waals surface area (Å²) >= 11 is 0. The van der Waals surface area contributed by atoms with E-state index < -0.39 is 35.1 Å². The van der Waals surface area contributed by atoms with Gasteiger partial charge in [0.05, 0.1) is 25.2 Å². The van der Waals surface area contributed by atoms with E-state index >= 15 is 0 Å². The number of carbonyl (C=O) groups excluding carboxylic acids is 2. The van der Waals surface area contributed by atoms with Crippen molar-refractivity contribution in [3.8, 4) is 0 Å². The van der Waals surface area contributed by atoms with Gasteiger partial charge >= 0.3 is 12.1 Å². The van der Waals surface area contributed by atoms with Crippen LogP contribution < -0.4 is 16.0 Å². The average Bonchev–Trinajstić information content (AvgIpc) is 3.05. The molecule has 9 nitrogen and oxygen atoms in total. The molecule has 1 heterocycles. The van der Waals surface area contributed by atoms with Crippen molar-refractivity contribution in [3.05, 3.63) is 144 Å². The summed E-state index contributed by atoms with van der Waals surface area (Å²) in [6, 6.07) is 36.8. The van der Waals surface area contributed by atoms with E-state index in [9.17, 15) is 19.5 Å². The second-order valence-corrected chi connectivity index (χ2v) is 10.8. The molecule has 0 spiro atoms. The van der Waals surface area contributed by atoms with Gasteiger partial charge in [0, 0.05) is 6.54 Å². The van der Waals surface area contributed by atoms with Crippen molar-refractivity contribution in [3.63, 3.8) is 0 Å². The summed E-state index contributed by atoms with van der Waals surface area (Å²) in [5.41, 5.74) is 1.38. The van der Waals surface area contributed by atoms with E-state index in [-0.39, 0.29) is 32.8 Å². The van der Waals surface area contributed by atoms with Crippen molar-refractivity contribution in [1.29, 1.82) is 0 Å². The molecule has 5 rings (SSSR count).